The summed E-state index contributed by atoms with van der Waals surface area (Å²) in [6.45, 7) is 0.968. The lowest BCUT2D eigenvalue weighted by Crippen LogP contribution is -2.10. The average Bonchev–Trinajstić information content (AvgIpc) is 3.18. The lowest BCUT2D eigenvalue weighted by molar-refractivity contribution is 0.449. The van der Waals surface area contributed by atoms with E-state index < -0.39 is 0 Å². The highest BCUT2D eigenvalue weighted by atomic mass is 16.5. The van der Waals surface area contributed by atoms with Crippen molar-refractivity contribution in [3.63, 3.8) is 0 Å². The van der Waals surface area contributed by atoms with Crippen molar-refractivity contribution in [2.75, 3.05) is 0 Å². The quantitative estimate of drug-likeness (QED) is 0.512. The molecule has 0 bridgehead atoms. The number of imidazole rings is 1. The summed E-state index contributed by atoms with van der Waals surface area (Å²) in [5.74, 6) is 3.71. The Kier molecular flexibility index (Phi) is 3.83. The van der Waals surface area contributed by atoms with Crippen LogP contribution in [-0.4, -0.2) is 14.5 Å². The molecule has 2 aromatic carbocycles. The largest absolute Gasteiger partial charge is 0.457 e. The lowest BCUT2D eigenvalue weighted by atomic mass is 10.0. The molecule has 0 radical (unpaired) electrons. The van der Waals surface area contributed by atoms with Gasteiger partial charge in [-0.2, -0.15) is 0 Å². The summed E-state index contributed by atoms with van der Waals surface area (Å²) in [6, 6.07) is 19.3. The SMILES string of the molecule is c1ccc(Oc2cccc(Oc3ccc4c(c3)-c3nccn3CC4)c2)nc1. The zero-order chi connectivity index (χ0) is 18.1. The van der Waals surface area contributed by atoms with Gasteiger partial charge in [-0.25, -0.2) is 9.97 Å². The summed E-state index contributed by atoms with van der Waals surface area (Å²) in [5.41, 5.74) is 2.43. The molecule has 1 aliphatic rings. The fraction of sp³-hybridized carbons (Fsp3) is 0.0909. The minimum absolute atomic E-state index is 0.551. The van der Waals surface area contributed by atoms with Crippen molar-refractivity contribution in [2.24, 2.45) is 0 Å². The van der Waals surface area contributed by atoms with Gasteiger partial charge in [-0.05, 0) is 42.3 Å². The summed E-state index contributed by atoms with van der Waals surface area (Å²) >= 11 is 0. The highest BCUT2D eigenvalue weighted by molar-refractivity contribution is 5.65. The first-order chi connectivity index (χ1) is 13.3. The maximum Gasteiger partial charge on any atom is 0.219 e. The molecule has 0 N–H and O–H groups in total. The number of rotatable bonds is 4. The van der Waals surface area contributed by atoms with E-state index in [9.17, 15) is 0 Å². The number of aromatic nitrogens is 3. The van der Waals surface area contributed by atoms with Crippen LogP contribution in [0.2, 0.25) is 0 Å². The van der Waals surface area contributed by atoms with Gasteiger partial charge >= 0.3 is 0 Å². The van der Waals surface area contributed by atoms with Crippen LogP contribution in [0.5, 0.6) is 23.1 Å². The predicted octanol–water partition coefficient (Wildman–Crippen LogP) is 5.09. The molecule has 0 saturated carbocycles. The predicted molar refractivity (Wildman–Crippen MR) is 102 cm³/mol. The number of hydrogen-bond donors (Lipinski definition) is 0. The Bertz CT molecular complexity index is 1090. The van der Waals surface area contributed by atoms with Crippen LogP contribution in [0.1, 0.15) is 5.56 Å². The second kappa shape index (κ2) is 6.61. The summed E-state index contributed by atoms with van der Waals surface area (Å²) in [7, 11) is 0. The van der Waals surface area contributed by atoms with Gasteiger partial charge in [-0.3, -0.25) is 0 Å². The molecule has 5 rings (SSSR count). The molecule has 2 aromatic heterocycles. The van der Waals surface area contributed by atoms with Crippen LogP contribution in [0, 0.1) is 0 Å². The van der Waals surface area contributed by atoms with Crippen molar-refractivity contribution >= 4 is 0 Å². The second-order valence-electron chi connectivity index (χ2n) is 6.36. The number of aryl methyl sites for hydroxylation is 2. The third-order valence-corrected chi connectivity index (χ3v) is 4.56. The number of hydrogen-bond acceptors (Lipinski definition) is 4. The van der Waals surface area contributed by atoms with Gasteiger partial charge in [0.2, 0.25) is 5.88 Å². The molecule has 0 saturated heterocycles. The maximum atomic E-state index is 6.08. The fourth-order valence-corrected chi connectivity index (χ4v) is 3.29. The topological polar surface area (TPSA) is 49.2 Å². The van der Waals surface area contributed by atoms with Crippen LogP contribution < -0.4 is 9.47 Å². The maximum absolute atomic E-state index is 6.08. The Balaban J connectivity index is 1.40. The van der Waals surface area contributed by atoms with Gasteiger partial charge in [0.05, 0.1) is 0 Å². The molecule has 5 heteroatoms. The number of pyridine rings is 1. The molecular formula is C22H17N3O2. The van der Waals surface area contributed by atoms with E-state index in [0.717, 1.165) is 30.1 Å². The van der Waals surface area contributed by atoms with Crippen molar-refractivity contribution in [1.82, 2.24) is 14.5 Å². The van der Waals surface area contributed by atoms with Crippen LogP contribution in [0.15, 0.2) is 79.3 Å². The number of fused-ring (bicyclic) bond motifs is 3. The monoisotopic (exact) mass is 355 g/mol. The van der Waals surface area contributed by atoms with E-state index in [0.29, 0.717) is 17.4 Å². The van der Waals surface area contributed by atoms with Gasteiger partial charge in [0.25, 0.3) is 0 Å². The standard InChI is InChI=1S/C22H17N3O2/c1-2-10-23-21(6-1)27-18-5-3-4-17(14-18)26-19-8-7-16-9-12-25-13-11-24-22(25)20(16)15-19/h1-8,10-11,13-15H,9,12H2. The smallest absolute Gasteiger partial charge is 0.219 e. The first-order valence-corrected chi connectivity index (χ1v) is 8.86. The highest BCUT2D eigenvalue weighted by Gasteiger charge is 2.17. The van der Waals surface area contributed by atoms with Crippen molar-refractivity contribution in [3.05, 3.63) is 84.8 Å². The van der Waals surface area contributed by atoms with Crippen molar-refractivity contribution in [1.29, 1.82) is 0 Å². The third-order valence-electron chi connectivity index (χ3n) is 4.56. The van der Waals surface area contributed by atoms with Gasteiger partial charge < -0.3 is 14.0 Å². The molecule has 0 amide bonds. The normalized spacial score (nSPS) is 12.1. The Morgan fingerprint density at radius 1 is 0.778 bits per heavy atom. The zero-order valence-electron chi connectivity index (χ0n) is 14.6. The van der Waals surface area contributed by atoms with Gasteiger partial charge in [0, 0.05) is 42.8 Å². The van der Waals surface area contributed by atoms with Crippen molar-refractivity contribution in [2.45, 2.75) is 13.0 Å². The van der Waals surface area contributed by atoms with E-state index in [1.54, 1.807) is 6.20 Å². The molecule has 0 unspecified atom stereocenters. The van der Waals surface area contributed by atoms with Crippen molar-refractivity contribution in [3.8, 4) is 34.5 Å². The molecule has 0 spiro atoms. The highest BCUT2D eigenvalue weighted by Crippen LogP contribution is 2.34. The molecule has 0 fully saturated rings. The van der Waals surface area contributed by atoms with Gasteiger partial charge in [0.1, 0.15) is 23.1 Å². The molecule has 0 aliphatic carbocycles. The molecule has 0 atom stereocenters. The van der Waals surface area contributed by atoms with E-state index in [1.165, 1.54) is 5.56 Å². The van der Waals surface area contributed by atoms with E-state index in [1.807, 2.05) is 60.9 Å². The van der Waals surface area contributed by atoms with Crippen LogP contribution in [0.4, 0.5) is 0 Å². The molecule has 5 nitrogen and oxygen atoms in total. The average molecular weight is 355 g/mol. The molecule has 27 heavy (non-hydrogen) atoms. The zero-order valence-corrected chi connectivity index (χ0v) is 14.6. The Morgan fingerprint density at radius 3 is 2.56 bits per heavy atom. The van der Waals surface area contributed by atoms with Crippen molar-refractivity contribution < 1.29 is 9.47 Å². The minimum atomic E-state index is 0.551. The molecular weight excluding hydrogens is 338 g/mol. The first kappa shape index (κ1) is 15.6. The molecule has 3 heterocycles. The Morgan fingerprint density at radius 2 is 1.67 bits per heavy atom. The minimum Gasteiger partial charge on any atom is -0.457 e. The van der Waals surface area contributed by atoms with Crippen LogP contribution in [-0.2, 0) is 13.0 Å². The molecule has 132 valence electrons. The molecule has 4 aromatic rings. The lowest BCUT2D eigenvalue weighted by Gasteiger charge is -2.19. The number of nitrogens with zero attached hydrogens (tertiary/aromatic N) is 3. The summed E-state index contributed by atoms with van der Waals surface area (Å²) in [5, 5.41) is 0. The Labute approximate surface area is 156 Å². The number of ether oxygens (including phenoxy) is 2. The summed E-state index contributed by atoms with van der Waals surface area (Å²) in [6.07, 6.45) is 6.57. The summed E-state index contributed by atoms with van der Waals surface area (Å²) in [4.78, 5) is 8.67. The second-order valence-corrected chi connectivity index (χ2v) is 6.36. The third kappa shape index (κ3) is 3.15. The summed E-state index contributed by atoms with van der Waals surface area (Å²) < 4.78 is 14.0. The van der Waals surface area contributed by atoms with E-state index in [2.05, 4.69) is 26.7 Å². The van der Waals surface area contributed by atoms with E-state index >= 15 is 0 Å². The van der Waals surface area contributed by atoms with E-state index in [4.69, 9.17) is 9.47 Å². The van der Waals surface area contributed by atoms with Crippen LogP contribution in [0.25, 0.3) is 11.4 Å². The van der Waals surface area contributed by atoms with Gasteiger partial charge in [-0.1, -0.05) is 18.2 Å². The fourth-order valence-electron chi connectivity index (χ4n) is 3.29. The number of benzene rings is 2. The van der Waals surface area contributed by atoms with Crippen LogP contribution >= 0.6 is 0 Å². The van der Waals surface area contributed by atoms with Crippen LogP contribution in [0.3, 0.4) is 0 Å². The first-order valence-electron chi connectivity index (χ1n) is 8.86. The Hall–Kier alpha value is -3.60. The molecule has 1 aliphatic heterocycles. The van der Waals surface area contributed by atoms with E-state index in [-0.39, 0.29) is 0 Å². The van der Waals surface area contributed by atoms with Gasteiger partial charge in [0.15, 0.2) is 0 Å². The van der Waals surface area contributed by atoms with Gasteiger partial charge in [-0.15, -0.1) is 0 Å².